The third-order valence-electron chi connectivity index (χ3n) is 4.02. The quantitative estimate of drug-likeness (QED) is 0.596. The fourth-order valence-corrected chi connectivity index (χ4v) is 2.70. The van der Waals surface area contributed by atoms with Crippen molar-refractivity contribution >= 4 is 5.91 Å². The van der Waals surface area contributed by atoms with E-state index in [0.717, 1.165) is 11.1 Å². The first kappa shape index (κ1) is 18.4. The summed E-state index contributed by atoms with van der Waals surface area (Å²) in [5.74, 6) is 1.33. The van der Waals surface area contributed by atoms with Gasteiger partial charge in [-0.2, -0.15) is 4.98 Å². The normalized spacial score (nSPS) is 10.4. The van der Waals surface area contributed by atoms with Gasteiger partial charge in [0.2, 0.25) is 11.7 Å². The molecule has 6 nitrogen and oxygen atoms in total. The minimum Gasteiger partial charge on any atom is -0.497 e. The number of carbonyl (C=O) groups excluding carboxylic acids is 1. The molecule has 0 aliphatic rings. The third kappa shape index (κ3) is 4.41. The molecule has 0 saturated heterocycles. The van der Waals surface area contributed by atoms with E-state index in [-0.39, 0.29) is 12.5 Å². The summed E-state index contributed by atoms with van der Waals surface area (Å²) in [6.45, 7) is 6.29. The predicted octanol–water partition coefficient (Wildman–Crippen LogP) is 3.88. The van der Waals surface area contributed by atoms with E-state index in [1.165, 1.54) is 0 Å². The second kappa shape index (κ2) is 8.31. The number of hydrogen-bond acceptors (Lipinski definition) is 5. The Morgan fingerprint density at radius 1 is 1.26 bits per heavy atom. The van der Waals surface area contributed by atoms with Crippen LogP contribution in [0.15, 0.2) is 65.7 Å². The van der Waals surface area contributed by atoms with Gasteiger partial charge in [0, 0.05) is 17.7 Å². The molecule has 0 fully saturated rings. The molecule has 0 bridgehead atoms. The Labute approximate surface area is 158 Å². The lowest BCUT2D eigenvalue weighted by atomic mass is 10.1. The molecule has 3 rings (SSSR count). The van der Waals surface area contributed by atoms with Crippen molar-refractivity contribution in [1.29, 1.82) is 0 Å². The summed E-state index contributed by atoms with van der Waals surface area (Å²) < 4.78 is 10.5. The average Bonchev–Trinajstić information content (AvgIpc) is 3.16. The third-order valence-corrected chi connectivity index (χ3v) is 4.02. The lowest BCUT2D eigenvalue weighted by Gasteiger charge is -2.19. The van der Waals surface area contributed by atoms with Gasteiger partial charge in [-0.05, 0) is 31.2 Å². The molecule has 0 aliphatic carbocycles. The fraction of sp³-hybridized carbons (Fsp3) is 0.190. The van der Waals surface area contributed by atoms with Crippen molar-refractivity contribution in [3.63, 3.8) is 0 Å². The molecule has 0 saturated carbocycles. The molecule has 138 valence electrons. The molecule has 3 aromatic rings. The van der Waals surface area contributed by atoms with Crippen LogP contribution >= 0.6 is 0 Å². The Morgan fingerprint density at radius 3 is 2.81 bits per heavy atom. The standard InChI is InChI=1S/C21H21N3O3/c1-4-11-24(21(25)17-9-6-10-18(13-17)26-3)14-19-22-20(23-27-19)16-8-5-7-15(2)12-16/h4-10,12-13H,1,11,14H2,2-3H3. The number of amides is 1. The van der Waals surface area contributed by atoms with Crippen molar-refractivity contribution in [2.75, 3.05) is 13.7 Å². The van der Waals surface area contributed by atoms with Crippen LogP contribution in [-0.2, 0) is 6.54 Å². The molecule has 0 N–H and O–H groups in total. The van der Waals surface area contributed by atoms with Gasteiger partial charge in [0.25, 0.3) is 5.91 Å². The number of nitrogens with zero attached hydrogens (tertiary/aromatic N) is 3. The van der Waals surface area contributed by atoms with Crippen LogP contribution in [0.1, 0.15) is 21.8 Å². The first-order chi connectivity index (χ1) is 13.1. The number of ether oxygens (including phenoxy) is 1. The Morgan fingerprint density at radius 2 is 2.07 bits per heavy atom. The first-order valence-electron chi connectivity index (χ1n) is 8.54. The molecule has 0 radical (unpaired) electrons. The van der Waals surface area contributed by atoms with E-state index in [1.807, 2.05) is 31.2 Å². The minimum absolute atomic E-state index is 0.163. The fourth-order valence-electron chi connectivity index (χ4n) is 2.70. The topological polar surface area (TPSA) is 68.5 Å². The van der Waals surface area contributed by atoms with Crippen LogP contribution in [0.3, 0.4) is 0 Å². The summed E-state index contributed by atoms with van der Waals surface area (Å²) in [7, 11) is 1.57. The zero-order valence-electron chi connectivity index (χ0n) is 15.4. The summed E-state index contributed by atoms with van der Waals surface area (Å²) in [5.41, 5.74) is 2.51. The van der Waals surface area contributed by atoms with E-state index in [4.69, 9.17) is 9.26 Å². The van der Waals surface area contributed by atoms with Crippen molar-refractivity contribution in [3.05, 3.63) is 78.2 Å². The second-order valence-electron chi connectivity index (χ2n) is 6.09. The van der Waals surface area contributed by atoms with Crippen LogP contribution in [0.5, 0.6) is 5.75 Å². The average molecular weight is 363 g/mol. The predicted molar refractivity (Wildman–Crippen MR) is 102 cm³/mol. The van der Waals surface area contributed by atoms with Crippen LogP contribution in [-0.4, -0.2) is 34.6 Å². The molecule has 0 unspecified atom stereocenters. The highest BCUT2D eigenvalue weighted by atomic mass is 16.5. The van der Waals surface area contributed by atoms with E-state index in [1.54, 1.807) is 42.4 Å². The Hall–Kier alpha value is -3.41. The van der Waals surface area contributed by atoms with Gasteiger partial charge >= 0.3 is 0 Å². The van der Waals surface area contributed by atoms with Gasteiger partial charge in [0.1, 0.15) is 12.3 Å². The maximum absolute atomic E-state index is 12.9. The Bertz CT molecular complexity index is 949. The van der Waals surface area contributed by atoms with Gasteiger partial charge in [0.15, 0.2) is 0 Å². The van der Waals surface area contributed by atoms with Gasteiger partial charge in [-0.15, -0.1) is 6.58 Å². The summed E-state index contributed by atoms with van der Waals surface area (Å²) in [6, 6.07) is 14.9. The molecular formula is C21H21N3O3. The van der Waals surface area contributed by atoms with Gasteiger partial charge in [-0.3, -0.25) is 4.79 Å². The number of aromatic nitrogens is 2. The number of carbonyl (C=O) groups is 1. The maximum Gasteiger partial charge on any atom is 0.254 e. The van der Waals surface area contributed by atoms with Crippen molar-refractivity contribution in [1.82, 2.24) is 15.0 Å². The molecular weight excluding hydrogens is 342 g/mol. The molecule has 6 heteroatoms. The van der Waals surface area contributed by atoms with Gasteiger partial charge in [-0.25, -0.2) is 0 Å². The lowest BCUT2D eigenvalue weighted by molar-refractivity contribution is 0.0745. The Balaban J connectivity index is 1.80. The highest BCUT2D eigenvalue weighted by molar-refractivity contribution is 5.94. The summed E-state index contributed by atoms with van der Waals surface area (Å²) in [5, 5.41) is 4.03. The highest BCUT2D eigenvalue weighted by Crippen LogP contribution is 2.19. The van der Waals surface area contributed by atoms with E-state index in [9.17, 15) is 4.79 Å². The second-order valence-corrected chi connectivity index (χ2v) is 6.09. The molecule has 0 atom stereocenters. The molecule has 1 aromatic heterocycles. The summed E-state index contributed by atoms with van der Waals surface area (Å²) >= 11 is 0. The molecule has 0 spiro atoms. The minimum atomic E-state index is -0.163. The van der Waals surface area contributed by atoms with Crippen LogP contribution < -0.4 is 4.74 Å². The monoisotopic (exact) mass is 363 g/mol. The number of benzene rings is 2. The number of methoxy groups -OCH3 is 1. The van der Waals surface area contributed by atoms with E-state index >= 15 is 0 Å². The molecule has 27 heavy (non-hydrogen) atoms. The van der Waals surface area contributed by atoms with Crippen LogP contribution in [0.2, 0.25) is 0 Å². The van der Waals surface area contributed by atoms with Gasteiger partial charge in [-0.1, -0.05) is 41.1 Å². The smallest absolute Gasteiger partial charge is 0.254 e. The number of aryl methyl sites for hydroxylation is 1. The molecule has 2 aromatic carbocycles. The highest BCUT2D eigenvalue weighted by Gasteiger charge is 2.19. The van der Waals surface area contributed by atoms with Crippen molar-refractivity contribution in [2.24, 2.45) is 0 Å². The number of rotatable bonds is 7. The van der Waals surface area contributed by atoms with Crippen LogP contribution in [0.4, 0.5) is 0 Å². The van der Waals surface area contributed by atoms with Crippen molar-refractivity contribution < 1.29 is 14.1 Å². The van der Waals surface area contributed by atoms with E-state index in [0.29, 0.717) is 29.6 Å². The number of hydrogen-bond donors (Lipinski definition) is 0. The first-order valence-corrected chi connectivity index (χ1v) is 8.54. The largest absolute Gasteiger partial charge is 0.497 e. The molecule has 0 aliphatic heterocycles. The Kier molecular flexibility index (Phi) is 5.66. The van der Waals surface area contributed by atoms with Crippen molar-refractivity contribution in [2.45, 2.75) is 13.5 Å². The van der Waals surface area contributed by atoms with Crippen molar-refractivity contribution in [3.8, 4) is 17.1 Å². The zero-order valence-corrected chi connectivity index (χ0v) is 15.4. The maximum atomic E-state index is 12.9. The van der Waals surface area contributed by atoms with Gasteiger partial charge in [0.05, 0.1) is 7.11 Å². The van der Waals surface area contributed by atoms with E-state index < -0.39 is 0 Å². The van der Waals surface area contributed by atoms with Gasteiger partial charge < -0.3 is 14.2 Å². The SMILES string of the molecule is C=CCN(Cc1nc(-c2cccc(C)c2)no1)C(=O)c1cccc(OC)c1. The summed E-state index contributed by atoms with van der Waals surface area (Å²) in [4.78, 5) is 18.9. The van der Waals surface area contributed by atoms with E-state index in [2.05, 4.69) is 16.7 Å². The summed E-state index contributed by atoms with van der Waals surface area (Å²) in [6.07, 6.45) is 1.66. The lowest BCUT2D eigenvalue weighted by Crippen LogP contribution is -2.30. The van der Waals surface area contributed by atoms with Crippen LogP contribution in [0, 0.1) is 6.92 Å². The molecule has 1 amide bonds. The zero-order chi connectivity index (χ0) is 19.2. The van der Waals surface area contributed by atoms with Crippen LogP contribution in [0.25, 0.3) is 11.4 Å². The molecule has 1 heterocycles.